The molecule has 0 bridgehead atoms. The third kappa shape index (κ3) is 3.67. The number of benzene rings is 2. The number of carbonyl (C=O) groups excluding carboxylic acids is 1. The topological polar surface area (TPSA) is 41.1 Å². The van der Waals surface area contributed by atoms with Crippen molar-refractivity contribution in [2.45, 2.75) is 18.9 Å². The summed E-state index contributed by atoms with van der Waals surface area (Å²) in [6.45, 7) is 1.57. The van der Waals surface area contributed by atoms with Gasteiger partial charge in [0.2, 0.25) is 5.91 Å². The summed E-state index contributed by atoms with van der Waals surface area (Å²) in [6.07, 6.45) is 1.43. The molecular formula is C18H19ClN2O. The van der Waals surface area contributed by atoms with Crippen molar-refractivity contribution in [2.24, 2.45) is 0 Å². The van der Waals surface area contributed by atoms with Gasteiger partial charge in [-0.05, 0) is 41.8 Å². The summed E-state index contributed by atoms with van der Waals surface area (Å²) in [5, 5.41) is 7.18. The molecule has 0 aromatic heterocycles. The van der Waals surface area contributed by atoms with Crippen LogP contribution in [-0.4, -0.2) is 19.0 Å². The predicted octanol–water partition coefficient (Wildman–Crippen LogP) is 2.89. The van der Waals surface area contributed by atoms with Gasteiger partial charge in [0.05, 0.1) is 6.42 Å². The van der Waals surface area contributed by atoms with Gasteiger partial charge in [0, 0.05) is 17.6 Å². The Balaban J connectivity index is 1.56. The smallest absolute Gasteiger partial charge is 0.224 e. The van der Waals surface area contributed by atoms with Crippen molar-refractivity contribution in [1.82, 2.24) is 10.6 Å². The summed E-state index contributed by atoms with van der Waals surface area (Å²) in [4.78, 5) is 12.1. The molecule has 1 aliphatic rings. The maximum Gasteiger partial charge on any atom is 0.224 e. The third-order valence-corrected chi connectivity index (χ3v) is 4.25. The minimum Gasteiger partial charge on any atom is -0.354 e. The quantitative estimate of drug-likeness (QED) is 0.911. The zero-order valence-electron chi connectivity index (χ0n) is 12.3. The zero-order chi connectivity index (χ0) is 15.4. The standard InChI is InChI=1S/C18H19ClN2O/c19-15-7-5-13(6-8-15)11-18(22)21-12-17-16-4-2-1-3-14(16)9-10-20-17/h1-8,17,20H,9-12H2,(H,21,22). The van der Waals surface area contributed by atoms with Gasteiger partial charge in [-0.2, -0.15) is 0 Å². The minimum atomic E-state index is 0.0344. The molecule has 3 nitrogen and oxygen atoms in total. The molecule has 2 aromatic carbocycles. The van der Waals surface area contributed by atoms with E-state index in [0.717, 1.165) is 18.5 Å². The SMILES string of the molecule is O=C(Cc1ccc(Cl)cc1)NCC1NCCc2ccccc21. The second-order valence-electron chi connectivity index (χ2n) is 5.56. The largest absolute Gasteiger partial charge is 0.354 e. The lowest BCUT2D eigenvalue weighted by Gasteiger charge is -2.27. The Morgan fingerprint density at radius 1 is 1.18 bits per heavy atom. The molecule has 2 N–H and O–H groups in total. The summed E-state index contributed by atoms with van der Waals surface area (Å²) in [5.74, 6) is 0.0344. The summed E-state index contributed by atoms with van der Waals surface area (Å²) >= 11 is 5.85. The molecule has 0 aliphatic carbocycles. The molecule has 2 aromatic rings. The van der Waals surface area contributed by atoms with Gasteiger partial charge < -0.3 is 10.6 Å². The fraction of sp³-hybridized carbons (Fsp3) is 0.278. The number of nitrogens with one attached hydrogen (secondary N) is 2. The predicted molar refractivity (Wildman–Crippen MR) is 89.1 cm³/mol. The van der Waals surface area contributed by atoms with Gasteiger partial charge in [0.1, 0.15) is 0 Å². The molecular weight excluding hydrogens is 296 g/mol. The fourth-order valence-corrected chi connectivity index (χ4v) is 2.97. The van der Waals surface area contributed by atoms with Crippen molar-refractivity contribution < 1.29 is 4.79 Å². The molecule has 1 unspecified atom stereocenters. The Bertz CT molecular complexity index is 654. The number of hydrogen-bond acceptors (Lipinski definition) is 2. The number of carbonyl (C=O) groups is 1. The van der Waals surface area contributed by atoms with Gasteiger partial charge in [-0.3, -0.25) is 4.79 Å². The molecule has 0 saturated heterocycles. The van der Waals surface area contributed by atoms with Crippen LogP contribution in [0.2, 0.25) is 5.02 Å². The van der Waals surface area contributed by atoms with Crippen LogP contribution in [0.4, 0.5) is 0 Å². The van der Waals surface area contributed by atoms with Crippen LogP contribution in [0.1, 0.15) is 22.7 Å². The molecule has 1 atom stereocenters. The highest BCUT2D eigenvalue weighted by molar-refractivity contribution is 6.30. The molecule has 0 radical (unpaired) electrons. The Kier molecular flexibility index (Phi) is 4.76. The Morgan fingerprint density at radius 2 is 1.95 bits per heavy atom. The van der Waals surface area contributed by atoms with E-state index in [-0.39, 0.29) is 11.9 Å². The average Bonchev–Trinajstić information content (AvgIpc) is 2.55. The van der Waals surface area contributed by atoms with Crippen molar-refractivity contribution in [1.29, 1.82) is 0 Å². The molecule has 0 fully saturated rings. The first kappa shape index (κ1) is 15.1. The maximum atomic E-state index is 12.1. The molecule has 1 amide bonds. The first-order chi connectivity index (χ1) is 10.7. The number of amides is 1. The van der Waals surface area contributed by atoms with Crippen LogP contribution in [0.15, 0.2) is 48.5 Å². The molecule has 114 valence electrons. The molecule has 22 heavy (non-hydrogen) atoms. The number of hydrogen-bond donors (Lipinski definition) is 2. The number of halogens is 1. The summed E-state index contributed by atoms with van der Waals surface area (Å²) in [5.41, 5.74) is 3.64. The van der Waals surface area contributed by atoms with Crippen molar-refractivity contribution in [2.75, 3.05) is 13.1 Å². The van der Waals surface area contributed by atoms with E-state index in [9.17, 15) is 4.79 Å². The van der Waals surface area contributed by atoms with Crippen LogP contribution in [0.5, 0.6) is 0 Å². The lowest BCUT2D eigenvalue weighted by Crippen LogP contribution is -2.39. The van der Waals surface area contributed by atoms with E-state index in [1.165, 1.54) is 11.1 Å². The van der Waals surface area contributed by atoms with Crippen molar-refractivity contribution in [3.63, 3.8) is 0 Å². The lowest BCUT2D eigenvalue weighted by atomic mass is 9.94. The molecule has 0 spiro atoms. The van der Waals surface area contributed by atoms with Crippen molar-refractivity contribution in [3.05, 3.63) is 70.2 Å². The van der Waals surface area contributed by atoms with Gasteiger partial charge in [0.25, 0.3) is 0 Å². The second-order valence-corrected chi connectivity index (χ2v) is 6.00. The summed E-state index contributed by atoms with van der Waals surface area (Å²) in [6, 6.07) is 16.0. The lowest BCUT2D eigenvalue weighted by molar-refractivity contribution is -0.120. The van der Waals surface area contributed by atoms with Gasteiger partial charge in [0.15, 0.2) is 0 Å². The van der Waals surface area contributed by atoms with E-state index in [0.29, 0.717) is 18.0 Å². The van der Waals surface area contributed by atoms with E-state index in [2.05, 4.69) is 28.8 Å². The fourth-order valence-electron chi connectivity index (χ4n) is 2.84. The highest BCUT2D eigenvalue weighted by Gasteiger charge is 2.19. The van der Waals surface area contributed by atoms with Crippen LogP contribution >= 0.6 is 11.6 Å². The van der Waals surface area contributed by atoms with Crippen LogP contribution in [-0.2, 0) is 17.6 Å². The highest BCUT2D eigenvalue weighted by Crippen LogP contribution is 2.21. The molecule has 3 rings (SSSR count). The van der Waals surface area contributed by atoms with Crippen LogP contribution in [0, 0.1) is 0 Å². The Labute approximate surface area is 135 Å². The van der Waals surface area contributed by atoms with Crippen molar-refractivity contribution >= 4 is 17.5 Å². The Morgan fingerprint density at radius 3 is 2.77 bits per heavy atom. The normalized spacial score (nSPS) is 16.9. The van der Waals surface area contributed by atoms with Gasteiger partial charge in [-0.15, -0.1) is 0 Å². The Hall–Kier alpha value is -1.84. The van der Waals surface area contributed by atoms with Crippen LogP contribution in [0.3, 0.4) is 0 Å². The minimum absolute atomic E-state index is 0.0344. The zero-order valence-corrected chi connectivity index (χ0v) is 13.1. The number of rotatable bonds is 4. The first-order valence-corrected chi connectivity index (χ1v) is 7.92. The molecule has 1 aliphatic heterocycles. The second kappa shape index (κ2) is 6.95. The summed E-state index contributed by atoms with van der Waals surface area (Å²) in [7, 11) is 0. The molecule has 1 heterocycles. The summed E-state index contributed by atoms with van der Waals surface area (Å²) < 4.78 is 0. The monoisotopic (exact) mass is 314 g/mol. The van der Waals surface area contributed by atoms with Crippen LogP contribution < -0.4 is 10.6 Å². The number of fused-ring (bicyclic) bond motifs is 1. The van der Waals surface area contributed by atoms with Gasteiger partial charge in [-0.25, -0.2) is 0 Å². The van der Waals surface area contributed by atoms with Gasteiger partial charge in [-0.1, -0.05) is 48.0 Å². The average molecular weight is 315 g/mol. The highest BCUT2D eigenvalue weighted by atomic mass is 35.5. The van der Waals surface area contributed by atoms with E-state index < -0.39 is 0 Å². The molecule has 4 heteroatoms. The third-order valence-electron chi connectivity index (χ3n) is 4.00. The van der Waals surface area contributed by atoms with Crippen LogP contribution in [0.25, 0.3) is 0 Å². The van der Waals surface area contributed by atoms with E-state index in [1.807, 2.05) is 30.3 Å². The first-order valence-electron chi connectivity index (χ1n) is 7.55. The maximum absolute atomic E-state index is 12.1. The van der Waals surface area contributed by atoms with E-state index >= 15 is 0 Å². The van der Waals surface area contributed by atoms with E-state index in [1.54, 1.807) is 0 Å². The van der Waals surface area contributed by atoms with Gasteiger partial charge >= 0.3 is 0 Å². The molecule has 0 saturated carbocycles. The van der Waals surface area contributed by atoms with E-state index in [4.69, 9.17) is 11.6 Å². The van der Waals surface area contributed by atoms with Crippen molar-refractivity contribution in [3.8, 4) is 0 Å².